The molecule has 1 N–H and O–H groups in total. The van der Waals surface area contributed by atoms with E-state index in [0.29, 0.717) is 0 Å². The number of rotatable bonds is 5. The van der Waals surface area contributed by atoms with Gasteiger partial charge in [0.1, 0.15) is 0 Å². The summed E-state index contributed by atoms with van der Waals surface area (Å²) in [6.07, 6.45) is 1.83. The summed E-state index contributed by atoms with van der Waals surface area (Å²) in [7, 11) is 0. The fourth-order valence-corrected chi connectivity index (χ4v) is 3.49. The highest BCUT2D eigenvalue weighted by atomic mass is 35.5. The number of nitrogens with zero attached hydrogens (tertiary/aromatic N) is 2. The first-order valence-electron chi connectivity index (χ1n) is 7.70. The van der Waals surface area contributed by atoms with E-state index in [4.69, 9.17) is 11.6 Å². The van der Waals surface area contributed by atoms with E-state index in [9.17, 15) is 0 Å². The van der Waals surface area contributed by atoms with E-state index < -0.39 is 0 Å². The Morgan fingerprint density at radius 2 is 1.95 bits per heavy atom. The maximum atomic E-state index is 6.58. The molecule has 1 aromatic carbocycles. The molecular formula is C17H22ClN3. The second-order valence-corrected chi connectivity index (χ2v) is 6.18. The molecule has 0 saturated carbocycles. The highest BCUT2D eigenvalue weighted by Gasteiger charge is 2.40. The predicted molar refractivity (Wildman–Crippen MR) is 87.0 cm³/mol. The van der Waals surface area contributed by atoms with E-state index in [2.05, 4.69) is 59.3 Å². The topological polar surface area (TPSA) is 29.9 Å². The van der Waals surface area contributed by atoms with E-state index in [0.717, 1.165) is 43.2 Å². The lowest BCUT2D eigenvalue weighted by Gasteiger charge is -2.43. The number of benzene rings is 1. The molecule has 1 aromatic heterocycles. The Labute approximate surface area is 131 Å². The zero-order valence-electron chi connectivity index (χ0n) is 12.7. The van der Waals surface area contributed by atoms with Gasteiger partial charge in [-0.25, -0.2) is 0 Å². The molecule has 3 rings (SSSR count). The molecule has 21 heavy (non-hydrogen) atoms. The van der Waals surface area contributed by atoms with Gasteiger partial charge in [-0.2, -0.15) is 5.10 Å². The number of hydrogen-bond acceptors (Lipinski definition) is 2. The molecule has 1 saturated heterocycles. The van der Waals surface area contributed by atoms with Crippen molar-refractivity contribution in [2.24, 2.45) is 0 Å². The number of aromatic nitrogens is 2. The first kappa shape index (κ1) is 14.6. The molecule has 2 aromatic rings. The van der Waals surface area contributed by atoms with Crippen molar-refractivity contribution in [1.82, 2.24) is 15.1 Å². The summed E-state index contributed by atoms with van der Waals surface area (Å²) in [6, 6.07) is 10.8. The molecule has 2 heterocycles. The van der Waals surface area contributed by atoms with E-state index >= 15 is 0 Å². The van der Waals surface area contributed by atoms with E-state index in [1.54, 1.807) is 0 Å². The quantitative estimate of drug-likeness (QED) is 0.919. The van der Waals surface area contributed by atoms with Gasteiger partial charge in [0.25, 0.3) is 0 Å². The van der Waals surface area contributed by atoms with Crippen LogP contribution in [0.1, 0.15) is 30.8 Å². The van der Waals surface area contributed by atoms with Crippen molar-refractivity contribution >= 4 is 11.6 Å². The maximum Gasteiger partial charge on any atom is 0.0850 e. The molecule has 0 atom stereocenters. The average molecular weight is 304 g/mol. The Kier molecular flexibility index (Phi) is 4.05. The van der Waals surface area contributed by atoms with E-state index in [1.807, 2.05) is 0 Å². The monoisotopic (exact) mass is 303 g/mol. The molecule has 1 aliphatic rings. The van der Waals surface area contributed by atoms with Gasteiger partial charge < -0.3 is 5.32 Å². The SMILES string of the molecule is CCc1nn(CC)c(CC2(c3ccccc3)CNC2)c1Cl. The van der Waals surface area contributed by atoms with Crippen LogP contribution in [0, 0.1) is 0 Å². The lowest BCUT2D eigenvalue weighted by Crippen LogP contribution is -2.58. The van der Waals surface area contributed by atoms with Crippen molar-refractivity contribution in [3.63, 3.8) is 0 Å². The van der Waals surface area contributed by atoms with Gasteiger partial charge in [-0.3, -0.25) is 4.68 Å². The first-order valence-corrected chi connectivity index (χ1v) is 8.08. The number of hydrogen-bond donors (Lipinski definition) is 1. The Hall–Kier alpha value is -1.32. The van der Waals surface area contributed by atoms with Crippen LogP contribution in [0.2, 0.25) is 5.02 Å². The molecule has 0 aliphatic carbocycles. The van der Waals surface area contributed by atoms with Crippen LogP contribution in [0.15, 0.2) is 30.3 Å². The molecule has 0 bridgehead atoms. The normalized spacial score (nSPS) is 16.7. The molecule has 1 fully saturated rings. The number of halogens is 1. The highest BCUT2D eigenvalue weighted by Crippen LogP contribution is 2.35. The third kappa shape index (κ3) is 2.49. The van der Waals surface area contributed by atoms with Crippen molar-refractivity contribution in [1.29, 1.82) is 0 Å². The van der Waals surface area contributed by atoms with Crippen molar-refractivity contribution in [2.75, 3.05) is 13.1 Å². The van der Waals surface area contributed by atoms with Gasteiger partial charge in [0.15, 0.2) is 0 Å². The fraction of sp³-hybridized carbons (Fsp3) is 0.471. The van der Waals surface area contributed by atoms with Crippen LogP contribution < -0.4 is 5.32 Å². The summed E-state index contributed by atoms with van der Waals surface area (Å²) in [5.74, 6) is 0. The zero-order chi connectivity index (χ0) is 14.9. The van der Waals surface area contributed by atoms with Crippen LogP contribution in [-0.4, -0.2) is 22.9 Å². The Morgan fingerprint density at radius 1 is 1.24 bits per heavy atom. The second kappa shape index (κ2) is 5.82. The average Bonchev–Trinajstić information content (AvgIpc) is 2.79. The number of aryl methyl sites for hydroxylation is 2. The van der Waals surface area contributed by atoms with Gasteiger partial charge in [0.2, 0.25) is 0 Å². The van der Waals surface area contributed by atoms with Gasteiger partial charge in [0.05, 0.1) is 16.4 Å². The molecule has 0 spiro atoms. The van der Waals surface area contributed by atoms with Gasteiger partial charge in [0, 0.05) is 31.5 Å². The molecule has 3 nitrogen and oxygen atoms in total. The molecular weight excluding hydrogens is 282 g/mol. The van der Waals surface area contributed by atoms with Gasteiger partial charge in [-0.15, -0.1) is 0 Å². The minimum atomic E-state index is 0.156. The molecule has 0 unspecified atom stereocenters. The lowest BCUT2D eigenvalue weighted by atomic mass is 9.72. The Morgan fingerprint density at radius 3 is 2.48 bits per heavy atom. The second-order valence-electron chi connectivity index (χ2n) is 5.80. The van der Waals surface area contributed by atoms with Crippen LogP contribution in [0.4, 0.5) is 0 Å². The zero-order valence-corrected chi connectivity index (χ0v) is 13.5. The lowest BCUT2D eigenvalue weighted by molar-refractivity contribution is 0.269. The molecule has 112 valence electrons. The minimum Gasteiger partial charge on any atom is -0.315 e. The highest BCUT2D eigenvalue weighted by molar-refractivity contribution is 6.31. The van der Waals surface area contributed by atoms with E-state index in [1.165, 1.54) is 11.3 Å². The fourth-order valence-electron chi connectivity index (χ4n) is 3.16. The third-order valence-corrected chi connectivity index (χ3v) is 4.95. The van der Waals surface area contributed by atoms with Crippen LogP contribution in [0.25, 0.3) is 0 Å². The number of nitrogens with one attached hydrogen (secondary N) is 1. The van der Waals surface area contributed by atoms with Crippen molar-refractivity contribution in [3.05, 3.63) is 52.3 Å². The van der Waals surface area contributed by atoms with Crippen molar-refractivity contribution < 1.29 is 0 Å². The van der Waals surface area contributed by atoms with Gasteiger partial charge in [-0.05, 0) is 18.9 Å². The minimum absolute atomic E-state index is 0.156. The summed E-state index contributed by atoms with van der Waals surface area (Å²) < 4.78 is 2.07. The summed E-state index contributed by atoms with van der Waals surface area (Å²) in [4.78, 5) is 0. The van der Waals surface area contributed by atoms with Crippen LogP contribution in [0.3, 0.4) is 0 Å². The molecule has 0 radical (unpaired) electrons. The van der Waals surface area contributed by atoms with Crippen molar-refractivity contribution in [2.45, 2.75) is 38.6 Å². The Balaban J connectivity index is 1.97. The first-order chi connectivity index (χ1) is 10.2. The van der Waals surface area contributed by atoms with Crippen LogP contribution >= 0.6 is 11.6 Å². The summed E-state index contributed by atoms with van der Waals surface area (Å²) in [6.45, 7) is 7.11. The summed E-state index contributed by atoms with van der Waals surface area (Å²) in [5.41, 5.74) is 3.75. The van der Waals surface area contributed by atoms with Crippen LogP contribution in [-0.2, 0) is 24.8 Å². The molecule has 0 amide bonds. The summed E-state index contributed by atoms with van der Waals surface area (Å²) >= 11 is 6.58. The maximum absolute atomic E-state index is 6.58. The largest absolute Gasteiger partial charge is 0.315 e. The van der Waals surface area contributed by atoms with Crippen LogP contribution in [0.5, 0.6) is 0 Å². The van der Waals surface area contributed by atoms with Gasteiger partial charge in [-0.1, -0.05) is 48.9 Å². The molecule has 1 aliphatic heterocycles. The standard InChI is InChI=1S/C17H22ClN3/c1-3-14-16(18)15(21(4-2)20-14)10-17(11-19-12-17)13-8-6-5-7-9-13/h5-9,19H,3-4,10-12H2,1-2H3. The third-order valence-electron chi connectivity index (χ3n) is 4.51. The molecule has 4 heteroatoms. The van der Waals surface area contributed by atoms with E-state index in [-0.39, 0.29) is 5.41 Å². The van der Waals surface area contributed by atoms with Crippen molar-refractivity contribution in [3.8, 4) is 0 Å². The Bertz CT molecular complexity index is 614. The summed E-state index contributed by atoms with van der Waals surface area (Å²) in [5, 5.41) is 8.94. The van der Waals surface area contributed by atoms with Gasteiger partial charge >= 0.3 is 0 Å². The smallest absolute Gasteiger partial charge is 0.0850 e. The predicted octanol–water partition coefficient (Wildman–Crippen LogP) is 3.20.